The minimum Gasteiger partial charge on any atom is -0.0796 e. The maximum absolute atomic E-state index is 2.47. The molecule has 0 heterocycles. The zero-order chi connectivity index (χ0) is 26.7. The van der Waals surface area contributed by atoms with E-state index in [0.717, 1.165) is 6.42 Å². The molecule has 0 radical (unpaired) electrons. The van der Waals surface area contributed by atoms with E-state index < -0.39 is 0 Å². The first-order valence-corrected chi connectivity index (χ1v) is 13.8. The van der Waals surface area contributed by atoms with Crippen LogP contribution in [0.1, 0.15) is 98.9 Å². The van der Waals surface area contributed by atoms with Gasteiger partial charge in [0.1, 0.15) is 0 Å². The fraction of sp³-hybridized carbons (Fsp3) is 0.351. The molecular formula is C37H42. The number of fused-ring (bicyclic) bond motifs is 3. The third-order valence-electron chi connectivity index (χ3n) is 8.46. The number of allylic oxidation sites excluding steroid dienone is 6. The lowest BCUT2D eigenvalue weighted by Crippen LogP contribution is -2.18. The normalized spacial score (nSPS) is 16.5. The average molecular weight is 487 g/mol. The van der Waals surface area contributed by atoms with Crippen molar-refractivity contribution in [3.05, 3.63) is 123 Å². The minimum atomic E-state index is 0.0227. The molecule has 0 amide bonds. The lowest BCUT2D eigenvalue weighted by atomic mass is 9.74. The van der Waals surface area contributed by atoms with Gasteiger partial charge in [-0.2, -0.15) is 0 Å². The summed E-state index contributed by atoms with van der Waals surface area (Å²) in [6.45, 7) is 20.6. The summed E-state index contributed by atoms with van der Waals surface area (Å²) in [7, 11) is 0. The van der Waals surface area contributed by atoms with Crippen LogP contribution in [0.25, 0.3) is 16.7 Å². The zero-order valence-electron chi connectivity index (χ0n) is 24.2. The van der Waals surface area contributed by atoms with E-state index >= 15 is 0 Å². The summed E-state index contributed by atoms with van der Waals surface area (Å²) in [6, 6.07) is 18.7. The van der Waals surface area contributed by atoms with Crippen molar-refractivity contribution in [3.8, 4) is 11.1 Å². The highest BCUT2D eigenvalue weighted by Crippen LogP contribution is 2.50. The van der Waals surface area contributed by atoms with Gasteiger partial charge in [-0.05, 0) is 101 Å². The summed E-state index contributed by atoms with van der Waals surface area (Å²) in [6.07, 6.45) is 10.4. The van der Waals surface area contributed by atoms with Crippen LogP contribution >= 0.6 is 0 Å². The van der Waals surface area contributed by atoms with Gasteiger partial charge in [0.15, 0.2) is 0 Å². The molecule has 0 nitrogen and oxygen atoms in total. The average Bonchev–Trinajstić information content (AvgIpc) is 3.43. The van der Waals surface area contributed by atoms with Crippen LogP contribution in [0.15, 0.2) is 78.4 Å². The lowest BCUT2D eigenvalue weighted by Gasteiger charge is -2.30. The second-order valence-corrected chi connectivity index (χ2v) is 13.0. The van der Waals surface area contributed by atoms with Crippen molar-refractivity contribution in [2.24, 2.45) is 0 Å². The van der Waals surface area contributed by atoms with Crippen LogP contribution in [0.4, 0.5) is 0 Å². The highest BCUT2D eigenvalue weighted by molar-refractivity contribution is 5.85. The smallest absolute Gasteiger partial charge is 0.0284 e. The molecule has 3 aromatic carbocycles. The Labute approximate surface area is 224 Å². The van der Waals surface area contributed by atoms with Gasteiger partial charge in [0.2, 0.25) is 0 Å². The van der Waals surface area contributed by atoms with Crippen molar-refractivity contribution in [2.75, 3.05) is 0 Å². The Morgan fingerprint density at radius 2 is 1.59 bits per heavy atom. The second-order valence-electron chi connectivity index (χ2n) is 13.0. The fourth-order valence-corrected chi connectivity index (χ4v) is 6.57. The molecule has 5 rings (SSSR count). The molecule has 0 saturated heterocycles. The van der Waals surface area contributed by atoms with Crippen molar-refractivity contribution in [1.29, 1.82) is 0 Å². The minimum absolute atomic E-state index is 0.0227. The van der Waals surface area contributed by atoms with Crippen LogP contribution in [0.5, 0.6) is 0 Å². The van der Waals surface area contributed by atoms with Crippen molar-refractivity contribution in [3.63, 3.8) is 0 Å². The quantitative estimate of drug-likeness (QED) is 0.252. The fourth-order valence-electron chi connectivity index (χ4n) is 6.57. The molecule has 0 bridgehead atoms. The molecule has 2 aliphatic carbocycles. The molecule has 1 unspecified atom stereocenters. The summed E-state index contributed by atoms with van der Waals surface area (Å²) >= 11 is 0. The Kier molecular flexibility index (Phi) is 6.22. The maximum Gasteiger partial charge on any atom is 0.0284 e. The predicted octanol–water partition coefficient (Wildman–Crippen LogP) is 10.2. The van der Waals surface area contributed by atoms with Crippen LogP contribution < -0.4 is 0 Å². The maximum atomic E-state index is 2.47. The Balaban J connectivity index is 1.66. The van der Waals surface area contributed by atoms with Crippen molar-refractivity contribution in [1.82, 2.24) is 0 Å². The van der Waals surface area contributed by atoms with E-state index in [9.17, 15) is 0 Å². The van der Waals surface area contributed by atoms with Crippen LogP contribution in [0.2, 0.25) is 0 Å². The van der Waals surface area contributed by atoms with Crippen LogP contribution in [-0.2, 0) is 17.3 Å². The second kappa shape index (κ2) is 9.02. The Bertz CT molecular complexity index is 1470. The van der Waals surface area contributed by atoms with Crippen molar-refractivity contribution < 1.29 is 0 Å². The highest BCUT2D eigenvalue weighted by Gasteiger charge is 2.33. The SMILES string of the molecule is CC(C)=CC(C)(C)c1ccc2c(c1)Cc1c-2ccc(C(C)(C)C)c1C1C=CC=C1c1cccc(C)c1C. The monoisotopic (exact) mass is 486 g/mol. The van der Waals surface area contributed by atoms with Gasteiger partial charge < -0.3 is 0 Å². The summed E-state index contributed by atoms with van der Waals surface area (Å²) in [5, 5.41) is 0. The van der Waals surface area contributed by atoms with Gasteiger partial charge in [0.05, 0.1) is 0 Å². The molecule has 2 aliphatic rings. The molecule has 37 heavy (non-hydrogen) atoms. The molecule has 0 spiro atoms. The van der Waals surface area contributed by atoms with Crippen LogP contribution in [0, 0.1) is 13.8 Å². The molecular weight excluding hydrogens is 444 g/mol. The number of hydrogen-bond donors (Lipinski definition) is 0. The summed E-state index contributed by atoms with van der Waals surface area (Å²) in [5.41, 5.74) is 17.2. The highest BCUT2D eigenvalue weighted by atomic mass is 14.4. The van der Waals surface area contributed by atoms with Crippen molar-refractivity contribution in [2.45, 2.75) is 85.5 Å². The number of rotatable bonds is 4. The largest absolute Gasteiger partial charge is 0.0796 e. The Morgan fingerprint density at radius 1 is 0.865 bits per heavy atom. The third kappa shape index (κ3) is 4.46. The summed E-state index contributed by atoms with van der Waals surface area (Å²) < 4.78 is 0. The van der Waals surface area contributed by atoms with Crippen LogP contribution in [0.3, 0.4) is 0 Å². The van der Waals surface area contributed by atoms with E-state index in [1.165, 1.54) is 66.8 Å². The van der Waals surface area contributed by atoms with Gasteiger partial charge in [-0.3, -0.25) is 0 Å². The Morgan fingerprint density at radius 3 is 2.30 bits per heavy atom. The van der Waals surface area contributed by atoms with E-state index in [-0.39, 0.29) is 16.7 Å². The molecule has 3 aromatic rings. The third-order valence-corrected chi connectivity index (χ3v) is 8.46. The number of aryl methyl sites for hydroxylation is 1. The van der Waals surface area contributed by atoms with Gasteiger partial charge in [0.25, 0.3) is 0 Å². The van der Waals surface area contributed by atoms with Gasteiger partial charge >= 0.3 is 0 Å². The number of benzene rings is 3. The molecule has 0 aliphatic heterocycles. The first-order valence-electron chi connectivity index (χ1n) is 13.8. The van der Waals surface area contributed by atoms with Gasteiger partial charge in [0, 0.05) is 11.3 Å². The molecule has 190 valence electrons. The van der Waals surface area contributed by atoms with Gasteiger partial charge in [-0.25, -0.2) is 0 Å². The van der Waals surface area contributed by atoms with E-state index in [1.807, 2.05) is 0 Å². The lowest BCUT2D eigenvalue weighted by molar-refractivity contribution is 0.582. The van der Waals surface area contributed by atoms with E-state index in [2.05, 4.69) is 135 Å². The molecule has 1 atom stereocenters. The summed E-state index contributed by atoms with van der Waals surface area (Å²) in [4.78, 5) is 0. The molecule has 0 fully saturated rings. The molecule has 0 aromatic heterocycles. The summed E-state index contributed by atoms with van der Waals surface area (Å²) in [5.74, 6) is 0.278. The van der Waals surface area contributed by atoms with E-state index in [0.29, 0.717) is 0 Å². The van der Waals surface area contributed by atoms with E-state index in [4.69, 9.17) is 0 Å². The molecule has 0 heteroatoms. The van der Waals surface area contributed by atoms with Crippen LogP contribution in [-0.4, -0.2) is 0 Å². The number of hydrogen-bond acceptors (Lipinski definition) is 0. The van der Waals surface area contributed by atoms with Gasteiger partial charge in [-0.15, -0.1) is 0 Å². The standard InChI is InChI=1S/C37H42/c1-23(2)22-37(8,9)27-16-17-29-26(20-27)21-33-31(29)18-19-34(36(5,6)7)35(33)32-15-11-14-30(32)28-13-10-12-24(3)25(28)4/h10-20,22,32H,21H2,1-9H3. The van der Waals surface area contributed by atoms with Gasteiger partial charge in [-0.1, -0.05) is 113 Å². The molecule has 0 N–H and O–H groups in total. The first kappa shape index (κ1) is 25.5. The Hall–Kier alpha value is -3.12. The van der Waals surface area contributed by atoms with Crippen molar-refractivity contribution >= 4 is 5.57 Å². The zero-order valence-corrected chi connectivity index (χ0v) is 24.2. The van der Waals surface area contributed by atoms with E-state index in [1.54, 1.807) is 0 Å². The first-order chi connectivity index (χ1) is 17.4. The topological polar surface area (TPSA) is 0 Å². The predicted molar refractivity (Wildman–Crippen MR) is 162 cm³/mol. The molecule has 0 saturated carbocycles.